The highest BCUT2D eigenvalue weighted by Gasteiger charge is 1.98. The smallest absolute Gasteiger partial charge is 0.118 e. The molecule has 0 unspecified atom stereocenters. The summed E-state index contributed by atoms with van der Waals surface area (Å²) in [5.74, 6) is 0.901. The Hall–Kier alpha value is -2.70. The van der Waals surface area contributed by atoms with E-state index in [0.717, 1.165) is 51.4 Å². The molecule has 5 nitrogen and oxygen atoms in total. The number of benzene rings is 3. The van der Waals surface area contributed by atoms with Crippen molar-refractivity contribution in [1.82, 2.24) is 0 Å². The van der Waals surface area contributed by atoms with Gasteiger partial charge in [0, 0.05) is 13.2 Å². The minimum atomic E-state index is 0.313. The van der Waals surface area contributed by atoms with E-state index in [4.69, 9.17) is 23.7 Å². The first kappa shape index (κ1) is 37.3. The molecule has 3 rings (SSSR count). The highest BCUT2D eigenvalue weighted by Crippen LogP contribution is 2.12. The number of ether oxygens (including phenoxy) is 5. The van der Waals surface area contributed by atoms with Crippen molar-refractivity contribution in [3.05, 3.63) is 101 Å². The predicted octanol–water partition coefficient (Wildman–Crippen LogP) is 8.64. The molecule has 0 N–H and O–H groups in total. The quantitative estimate of drug-likeness (QED) is 0.159. The fourth-order valence-electron chi connectivity index (χ4n) is 3.62. The number of hydrogen-bond acceptors (Lipinski definition) is 5. The number of hydrogen-bond donors (Lipinski definition) is 0. The van der Waals surface area contributed by atoms with Gasteiger partial charge in [-0.25, -0.2) is 0 Å². The zero-order chi connectivity index (χ0) is 31.0. The van der Waals surface area contributed by atoms with E-state index < -0.39 is 0 Å². The molecular formula is C37H56O5. The van der Waals surface area contributed by atoms with Gasteiger partial charge in [0.05, 0.1) is 45.2 Å². The lowest BCUT2D eigenvalue weighted by Crippen LogP contribution is -2.06. The van der Waals surface area contributed by atoms with Crippen LogP contribution in [0.2, 0.25) is 0 Å². The monoisotopic (exact) mass is 580 g/mol. The first-order valence-corrected chi connectivity index (χ1v) is 15.3. The van der Waals surface area contributed by atoms with Crippen LogP contribution in [0.25, 0.3) is 0 Å². The molecule has 0 heterocycles. The van der Waals surface area contributed by atoms with Crippen molar-refractivity contribution < 1.29 is 23.7 Å². The van der Waals surface area contributed by atoms with E-state index >= 15 is 0 Å². The van der Waals surface area contributed by atoms with Crippen molar-refractivity contribution >= 4 is 0 Å². The van der Waals surface area contributed by atoms with Crippen LogP contribution in [0.15, 0.2) is 78.9 Å². The standard InChI is InChI=1S/C13H20O2.C12H18O2.C12H18O/c1-12(2)15-10-6-9-14-11-13-7-4-3-5-8-13;1-10(2)14-9-8-11-4-6-12(13-3)7-5-11;1-10(2)13-9-8-12-6-4-11(3)5-7-12/h3-5,7-8,12H,6,9-11H2,1-2H3;4-7,10H,8-9H2,1-3H3;4-7,10H,8-9H2,1-3H3. The summed E-state index contributed by atoms with van der Waals surface area (Å²) in [5, 5.41) is 0. The van der Waals surface area contributed by atoms with Crippen molar-refractivity contribution in [2.24, 2.45) is 0 Å². The Bertz CT molecular complexity index is 999. The van der Waals surface area contributed by atoms with Crippen LogP contribution in [0.1, 0.15) is 70.2 Å². The maximum absolute atomic E-state index is 5.52. The van der Waals surface area contributed by atoms with Gasteiger partial charge in [0.25, 0.3) is 0 Å². The van der Waals surface area contributed by atoms with Crippen LogP contribution in [0.4, 0.5) is 0 Å². The minimum Gasteiger partial charge on any atom is -0.497 e. The van der Waals surface area contributed by atoms with Crippen LogP contribution in [0, 0.1) is 6.92 Å². The van der Waals surface area contributed by atoms with Gasteiger partial charge in [-0.15, -0.1) is 0 Å². The third-order valence-electron chi connectivity index (χ3n) is 5.96. The van der Waals surface area contributed by atoms with Crippen LogP contribution < -0.4 is 4.74 Å². The van der Waals surface area contributed by atoms with E-state index in [-0.39, 0.29) is 0 Å². The van der Waals surface area contributed by atoms with Crippen molar-refractivity contribution in [1.29, 1.82) is 0 Å². The molecule has 0 aliphatic carbocycles. The summed E-state index contributed by atoms with van der Waals surface area (Å²) in [6, 6.07) is 26.9. The second-order valence-electron chi connectivity index (χ2n) is 11.0. The predicted molar refractivity (Wildman–Crippen MR) is 176 cm³/mol. The van der Waals surface area contributed by atoms with Crippen LogP contribution in [0.5, 0.6) is 5.75 Å². The van der Waals surface area contributed by atoms with Gasteiger partial charge < -0.3 is 23.7 Å². The zero-order valence-electron chi connectivity index (χ0n) is 27.4. The summed E-state index contributed by atoms with van der Waals surface area (Å²) in [6.07, 6.45) is 3.91. The molecule has 42 heavy (non-hydrogen) atoms. The summed E-state index contributed by atoms with van der Waals surface area (Å²) in [4.78, 5) is 0. The Balaban J connectivity index is 0.000000316. The van der Waals surface area contributed by atoms with E-state index in [9.17, 15) is 0 Å². The zero-order valence-corrected chi connectivity index (χ0v) is 27.4. The second kappa shape index (κ2) is 23.8. The number of aryl methyl sites for hydroxylation is 1. The summed E-state index contributed by atoms with van der Waals surface area (Å²) in [5.41, 5.74) is 5.17. The highest BCUT2D eigenvalue weighted by molar-refractivity contribution is 5.27. The van der Waals surface area contributed by atoms with Gasteiger partial charge in [0.1, 0.15) is 5.75 Å². The average Bonchev–Trinajstić information content (AvgIpc) is 2.97. The molecule has 0 bridgehead atoms. The Morgan fingerprint density at radius 3 is 1.48 bits per heavy atom. The summed E-state index contributed by atoms with van der Waals surface area (Å²) in [7, 11) is 1.68. The lowest BCUT2D eigenvalue weighted by atomic mass is 10.1. The largest absolute Gasteiger partial charge is 0.497 e. The van der Waals surface area contributed by atoms with E-state index in [0.29, 0.717) is 24.9 Å². The Kier molecular flexibility index (Phi) is 21.2. The fraction of sp³-hybridized carbons (Fsp3) is 0.514. The van der Waals surface area contributed by atoms with Crippen molar-refractivity contribution in [3.63, 3.8) is 0 Å². The molecule has 0 fully saturated rings. The van der Waals surface area contributed by atoms with E-state index in [1.54, 1.807) is 7.11 Å². The second-order valence-corrected chi connectivity index (χ2v) is 11.0. The van der Waals surface area contributed by atoms with E-state index in [1.807, 2.05) is 58.0 Å². The van der Waals surface area contributed by atoms with Crippen LogP contribution in [0.3, 0.4) is 0 Å². The minimum absolute atomic E-state index is 0.313. The molecule has 0 spiro atoms. The fourth-order valence-corrected chi connectivity index (χ4v) is 3.62. The average molecular weight is 581 g/mol. The topological polar surface area (TPSA) is 46.2 Å². The van der Waals surface area contributed by atoms with Gasteiger partial charge in [0.2, 0.25) is 0 Å². The first-order chi connectivity index (χ1) is 20.2. The molecule has 3 aromatic rings. The van der Waals surface area contributed by atoms with Gasteiger partial charge >= 0.3 is 0 Å². The summed E-state index contributed by atoms with van der Waals surface area (Å²) in [6.45, 7) is 18.3. The normalized spacial score (nSPS) is 10.7. The van der Waals surface area contributed by atoms with E-state index in [1.165, 1.54) is 22.3 Å². The molecule has 0 aromatic heterocycles. The maximum Gasteiger partial charge on any atom is 0.118 e. The Morgan fingerprint density at radius 2 is 1.00 bits per heavy atom. The van der Waals surface area contributed by atoms with Crippen molar-refractivity contribution in [2.45, 2.75) is 92.6 Å². The molecule has 0 aliphatic heterocycles. The molecule has 0 saturated heterocycles. The maximum atomic E-state index is 5.52. The Morgan fingerprint density at radius 1 is 0.524 bits per heavy atom. The van der Waals surface area contributed by atoms with Gasteiger partial charge in [-0.1, -0.05) is 72.3 Å². The molecule has 234 valence electrons. The SMILES string of the molecule is CC(C)OCCCOCc1ccccc1.COc1ccc(CCOC(C)C)cc1.Cc1ccc(CCOC(C)C)cc1. The number of methoxy groups -OCH3 is 1. The van der Waals surface area contributed by atoms with Gasteiger partial charge in [0.15, 0.2) is 0 Å². The van der Waals surface area contributed by atoms with Crippen molar-refractivity contribution in [3.8, 4) is 5.75 Å². The third kappa shape index (κ3) is 21.1. The molecule has 0 atom stereocenters. The molecule has 0 aliphatic rings. The van der Waals surface area contributed by atoms with Crippen LogP contribution in [-0.4, -0.2) is 51.8 Å². The third-order valence-corrected chi connectivity index (χ3v) is 5.96. The summed E-state index contributed by atoms with van der Waals surface area (Å²) >= 11 is 0. The summed E-state index contributed by atoms with van der Waals surface area (Å²) < 4.78 is 27.0. The molecule has 0 saturated carbocycles. The van der Waals surface area contributed by atoms with Crippen LogP contribution >= 0.6 is 0 Å². The number of rotatable bonds is 16. The van der Waals surface area contributed by atoms with Gasteiger partial charge in [-0.05, 0) is 96.6 Å². The molecular weight excluding hydrogens is 524 g/mol. The Labute approximate surface area is 256 Å². The molecule has 3 aromatic carbocycles. The van der Waals surface area contributed by atoms with E-state index in [2.05, 4.69) is 69.3 Å². The molecule has 0 radical (unpaired) electrons. The lowest BCUT2D eigenvalue weighted by Gasteiger charge is -2.07. The lowest BCUT2D eigenvalue weighted by molar-refractivity contribution is 0.0476. The van der Waals surface area contributed by atoms with Crippen molar-refractivity contribution in [2.75, 3.05) is 33.5 Å². The van der Waals surface area contributed by atoms with Gasteiger partial charge in [-0.3, -0.25) is 0 Å². The van der Waals surface area contributed by atoms with Gasteiger partial charge in [-0.2, -0.15) is 0 Å². The first-order valence-electron chi connectivity index (χ1n) is 15.3. The molecule has 0 amide bonds. The van der Waals surface area contributed by atoms with Crippen LogP contribution in [-0.2, 0) is 38.4 Å². The molecule has 5 heteroatoms. The highest BCUT2D eigenvalue weighted by atomic mass is 16.5.